The number of nitrogens with one attached hydrogen (secondary N) is 1. The van der Waals surface area contributed by atoms with E-state index in [2.05, 4.69) is 5.32 Å². The number of ether oxygens (including phenoxy) is 2. The number of hydrogen-bond donors (Lipinski definition) is 2. The van der Waals surface area contributed by atoms with Gasteiger partial charge in [0.25, 0.3) is 15.9 Å². The molecule has 1 heterocycles. The quantitative estimate of drug-likeness (QED) is 0.420. The minimum Gasteiger partial charge on any atom is -0.493 e. The first-order chi connectivity index (χ1) is 16.1. The number of nitrogens with zero attached hydrogens (tertiary/aromatic N) is 1. The smallest absolute Gasteiger partial charge is 0.335 e. The topological polar surface area (TPSA) is 122 Å². The Bertz CT molecular complexity index is 1320. The summed E-state index contributed by atoms with van der Waals surface area (Å²) in [6.07, 6.45) is 0. The van der Waals surface area contributed by atoms with E-state index >= 15 is 0 Å². The summed E-state index contributed by atoms with van der Waals surface area (Å²) < 4.78 is 38.7. The Morgan fingerprint density at radius 2 is 1.79 bits per heavy atom. The molecule has 0 unspecified atom stereocenters. The van der Waals surface area contributed by atoms with Crippen molar-refractivity contribution < 1.29 is 32.6 Å². The lowest BCUT2D eigenvalue weighted by atomic mass is 10.2. The Morgan fingerprint density at radius 1 is 1.12 bits per heavy atom. The van der Waals surface area contributed by atoms with Crippen LogP contribution in [0.1, 0.15) is 27.0 Å². The Balaban J connectivity index is 1.92. The van der Waals surface area contributed by atoms with Crippen molar-refractivity contribution in [2.75, 3.05) is 30.4 Å². The van der Waals surface area contributed by atoms with Crippen LogP contribution < -0.4 is 19.1 Å². The largest absolute Gasteiger partial charge is 0.493 e. The molecule has 0 aliphatic rings. The van der Waals surface area contributed by atoms with Crippen LogP contribution in [0.2, 0.25) is 4.34 Å². The maximum atomic E-state index is 13.4. The lowest BCUT2D eigenvalue weighted by Gasteiger charge is -2.21. The normalized spacial score (nSPS) is 11.1. The fourth-order valence-electron chi connectivity index (χ4n) is 2.99. The maximum Gasteiger partial charge on any atom is 0.335 e. The number of anilines is 2. The minimum absolute atomic E-state index is 0.0489. The van der Waals surface area contributed by atoms with Crippen LogP contribution in [-0.4, -0.2) is 46.2 Å². The van der Waals surface area contributed by atoms with E-state index in [1.165, 1.54) is 50.6 Å². The van der Waals surface area contributed by atoms with Gasteiger partial charge in [0.15, 0.2) is 11.5 Å². The summed E-state index contributed by atoms with van der Waals surface area (Å²) in [7, 11) is -1.39. The molecule has 0 fully saturated rings. The van der Waals surface area contributed by atoms with Gasteiger partial charge in [-0.25, -0.2) is 13.2 Å². The Hall–Kier alpha value is -3.28. The molecule has 3 rings (SSSR count). The van der Waals surface area contributed by atoms with Crippen molar-refractivity contribution in [3.05, 3.63) is 63.3 Å². The van der Waals surface area contributed by atoms with E-state index in [0.717, 1.165) is 15.6 Å². The highest BCUT2D eigenvalue weighted by molar-refractivity contribution is 7.93. The molecule has 12 heteroatoms. The standard InChI is InChI=1S/C22H21ClN2O7S2/c1-4-32-16-10-9-15(11-17(16)31-3)25(2)34(29,30)18-12-19(23)33-20(18)21(26)24-14-7-5-13(6-8-14)22(27)28/h5-12H,4H2,1-3H3,(H,24,26)(H,27,28). The van der Waals surface area contributed by atoms with Crippen molar-refractivity contribution in [3.8, 4) is 11.5 Å². The minimum atomic E-state index is -4.18. The number of carbonyl (C=O) groups is 2. The summed E-state index contributed by atoms with van der Waals surface area (Å²) in [5.74, 6) is -0.985. The molecular formula is C22H21ClN2O7S2. The summed E-state index contributed by atoms with van der Waals surface area (Å²) in [5.41, 5.74) is 0.638. The van der Waals surface area contributed by atoms with Crippen molar-refractivity contribution in [2.45, 2.75) is 11.8 Å². The molecule has 0 spiro atoms. The van der Waals surface area contributed by atoms with E-state index in [4.69, 9.17) is 26.2 Å². The van der Waals surface area contributed by atoms with Gasteiger partial charge >= 0.3 is 5.97 Å². The fraction of sp³-hybridized carbons (Fsp3) is 0.182. The zero-order valence-electron chi connectivity index (χ0n) is 18.4. The predicted molar refractivity (Wildman–Crippen MR) is 130 cm³/mol. The van der Waals surface area contributed by atoms with E-state index in [1.807, 2.05) is 6.92 Å². The van der Waals surface area contributed by atoms with Crippen molar-refractivity contribution in [1.82, 2.24) is 0 Å². The lowest BCUT2D eigenvalue weighted by molar-refractivity contribution is 0.0696. The second-order valence-electron chi connectivity index (χ2n) is 6.82. The third-order valence-electron chi connectivity index (χ3n) is 4.71. The van der Waals surface area contributed by atoms with Crippen LogP contribution in [0.4, 0.5) is 11.4 Å². The van der Waals surface area contributed by atoms with Gasteiger partial charge in [0.1, 0.15) is 9.77 Å². The molecule has 0 aliphatic carbocycles. The summed E-state index contributed by atoms with van der Waals surface area (Å²) in [4.78, 5) is 23.5. The zero-order valence-corrected chi connectivity index (χ0v) is 20.8. The zero-order chi connectivity index (χ0) is 25.0. The molecular weight excluding hydrogens is 504 g/mol. The van der Waals surface area contributed by atoms with Crippen molar-refractivity contribution in [1.29, 1.82) is 0 Å². The van der Waals surface area contributed by atoms with Gasteiger partial charge in [-0.15, -0.1) is 11.3 Å². The monoisotopic (exact) mass is 524 g/mol. The average molecular weight is 525 g/mol. The first-order valence-corrected chi connectivity index (χ1v) is 12.5. The van der Waals surface area contributed by atoms with Gasteiger partial charge in [0.05, 0.1) is 29.3 Å². The van der Waals surface area contributed by atoms with Gasteiger partial charge in [-0.3, -0.25) is 9.10 Å². The van der Waals surface area contributed by atoms with E-state index < -0.39 is 21.9 Å². The summed E-state index contributed by atoms with van der Waals surface area (Å²) in [6, 6.07) is 11.3. The predicted octanol–water partition coefficient (Wildman–Crippen LogP) is 4.58. The molecule has 0 atom stereocenters. The molecule has 0 saturated heterocycles. The SMILES string of the molecule is CCOc1ccc(N(C)S(=O)(=O)c2cc(Cl)sc2C(=O)Nc2ccc(C(=O)O)cc2)cc1OC. The number of aromatic carboxylic acids is 1. The first-order valence-electron chi connectivity index (χ1n) is 9.82. The van der Waals surface area contributed by atoms with E-state index in [9.17, 15) is 18.0 Å². The number of carboxylic acid groups (broad SMARTS) is 1. The molecule has 2 aromatic carbocycles. The molecule has 2 N–H and O–H groups in total. The van der Waals surface area contributed by atoms with E-state index in [-0.39, 0.29) is 19.7 Å². The number of methoxy groups -OCH3 is 1. The number of carbonyl (C=O) groups excluding carboxylic acids is 1. The van der Waals surface area contributed by atoms with Crippen LogP contribution in [0.3, 0.4) is 0 Å². The Kier molecular flexibility index (Phi) is 7.70. The molecule has 0 bridgehead atoms. The second-order valence-corrected chi connectivity index (χ2v) is 10.4. The highest BCUT2D eigenvalue weighted by Crippen LogP contribution is 2.36. The van der Waals surface area contributed by atoms with Crippen LogP contribution >= 0.6 is 22.9 Å². The number of carboxylic acids is 1. The maximum absolute atomic E-state index is 13.4. The van der Waals surface area contributed by atoms with E-state index in [0.29, 0.717) is 29.5 Å². The van der Waals surface area contributed by atoms with Crippen LogP contribution in [0.5, 0.6) is 11.5 Å². The molecule has 0 saturated carbocycles. The molecule has 0 aliphatic heterocycles. The molecule has 180 valence electrons. The fourth-order valence-corrected chi connectivity index (χ4v) is 5.87. The van der Waals surface area contributed by atoms with E-state index in [1.54, 1.807) is 12.1 Å². The molecule has 0 radical (unpaired) electrons. The van der Waals surface area contributed by atoms with Gasteiger partial charge in [-0.1, -0.05) is 11.6 Å². The third kappa shape index (κ3) is 5.27. The van der Waals surface area contributed by atoms with Crippen molar-refractivity contribution in [3.63, 3.8) is 0 Å². The molecule has 3 aromatic rings. The number of thiophene rings is 1. The van der Waals surface area contributed by atoms with Gasteiger partial charge in [-0.2, -0.15) is 0 Å². The van der Waals surface area contributed by atoms with Crippen LogP contribution in [0, 0.1) is 0 Å². The second kappa shape index (κ2) is 10.3. The van der Waals surface area contributed by atoms with Gasteiger partial charge in [-0.05, 0) is 49.4 Å². The molecule has 9 nitrogen and oxygen atoms in total. The Morgan fingerprint density at radius 3 is 2.38 bits per heavy atom. The summed E-state index contributed by atoms with van der Waals surface area (Å²) >= 11 is 6.90. The highest BCUT2D eigenvalue weighted by atomic mass is 35.5. The molecule has 34 heavy (non-hydrogen) atoms. The third-order valence-corrected chi connectivity index (χ3v) is 7.91. The Labute approximate surface area is 205 Å². The molecule has 1 aromatic heterocycles. The van der Waals surface area contributed by atoms with Gasteiger partial charge in [0.2, 0.25) is 0 Å². The number of hydrogen-bond acceptors (Lipinski definition) is 7. The van der Waals surface area contributed by atoms with Crippen LogP contribution in [0.15, 0.2) is 53.4 Å². The number of halogens is 1. The number of rotatable bonds is 9. The van der Waals surface area contributed by atoms with Crippen molar-refractivity contribution >= 4 is 56.2 Å². The van der Waals surface area contributed by atoms with Gasteiger partial charge < -0.3 is 19.9 Å². The number of sulfonamides is 1. The van der Waals surface area contributed by atoms with Crippen molar-refractivity contribution in [2.24, 2.45) is 0 Å². The summed E-state index contributed by atoms with van der Waals surface area (Å²) in [6.45, 7) is 2.23. The number of benzene rings is 2. The van der Waals surface area contributed by atoms with Gasteiger partial charge in [0, 0.05) is 18.8 Å². The van der Waals surface area contributed by atoms with Crippen LogP contribution in [-0.2, 0) is 10.0 Å². The highest BCUT2D eigenvalue weighted by Gasteiger charge is 2.30. The average Bonchev–Trinajstić information content (AvgIpc) is 3.22. The lowest BCUT2D eigenvalue weighted by Crippen LogP contribution is -2.28. The van der Waals surface area contributed by atoms with Crippen LogP contribution in [0.25, 0.3) is 0 Å². The number of amides is 1. The summed E-state index contributed by atoms with van der Waals surface area (Å²) in [5, 5.41) is 11.6. The first kappa shape index (κ1) is 25.3. The molecule has 1 amide bonds.